The van der Waals surface area contributed by atoms with Gasteiger partial charge in [-0.2, -0.15) is 5.10 Å². The van der Waals surface area contributed by atoms with Crippen LogP contribution in [0.2, 0.25) is 0 Å². The molecular formula is C48H61FN8O4. The number of amides is 2. The normalized spacial score (nSPS) is 17.4. The molecule has 0 radical (unpaired) electrons. The van der Waals surface area contributed by atoms with Crippen LogP contribution in [0.15, 0.2) is 72.9 Å². The third-order valence-electron chi connectivity index (χ3n) is 12.3. The van der Waals surface area contributed by atoms with Crippen molar-refractivity contribution < 1.29 is 23.5 Å². The third kappa shape index (κ3) is 9.85. The second-order valence-corrected chi connectivity index (χ2v) is 17.0. The van der Waals surface area contributed by atoms with Gasteiger partial charge in [0.05, 0.1) is 17.3 Å². The van der Waals surface area contributed by atoms with E-state index >= 15 is 4.39 Å². The minimum Gasteiger partial charge on any atom is -0.381 e. The van der Waals surface area contributed by atoms with Gasteiger partial charge in [-0.15, -0.1) is 0 Å². The average molecular weight is 833 g/mol. The van der Waals surface area contributed by atoms with E-state index in [1.807, 2.05) is 42.1 Å². The Bertz CT molecular complexity index is 2350. The number of hydrogen-bond acceptors (Lipinski definition) is 9. The molecule has 0 bridgehead atoms. The zero-order chi connectivity index (χ0) is 43.9. The van der Waals surface area contributed by atoms with Crippen molar-refractivity contribution in [3.05, 3.63) is 112 Å². The summed E-state index contributed by atoms with van der Waals surface area (Å²) in [7, 11) is 1.50. The number of likely N-dealkylation sites (tertiary alicyclic amines) is 1. The number of fused-ring (bicyclic) bond motifs is 1. The average Bonchev–Trinajstić information content (AvgIpc) is 3.77. The summed E-state index contributed by atoms with van der Waals surface area (Å²) >= 11 is 0. The van der Waals surface area contributed by atoms with Gasteiger partial charge in [-0.25, -0.2) is 14.1 Å². The monoisotopic (exact) mass is 832 g/mol. The van der Waals surface area contributed by atoms with E-state index in [1.165, 1.54) is 13.1 Å². The predicted molar refractivity (Wildman–Crippen MR) is 239 cm³/mol. The molecule has 12 nitrogen and oxygen atoms in total. The van der Waals surface area contributed by atoms with Crippen LogP contribution in [0.1, 0.15) is 104 Å². The van der Waals surface area contributed by atoms with Crippen LogP contribution in [0.4, 0.5) is 10.1 Å². The highest BCUT2D eigenvalue weighted by molar-refractivity contribution is 6.00. The van der Waals surface area contributed by atoms with Crippen LogP contribution < -0.4 is 21.7 Å². The number of carbonyl (C=O) groups is 3. The second kappa shape index (κ2) is 19.5. The van der Waals surface area contributed by atoms with E-state index in [4.69, 9.17) is 9.72 Å². The van der Waals surface area contributed by atoms with Crippen molar-refractivity contribution in [3.8, 4) is 11.1 Å². The number of ether oxygens (including phenoxy) is 1. The lowest BCUT2D eigenvalue weighted by Crippen LogP contribution is -2.49. The summed E-state index contributed by atoms with van der Waals surface area (Å²) in [5.41, 5.74) is 11.2. The number of benzene rings is 3. The van der Waals surface area contributed by atoms with Gasteiger partial charge in [-0.3, -0.25) is 14.5 Å². The maximum Gasteiger partial charge on any atom is 0.251 e. The minimum atomic E-state index is -0.358. The Hall–Kier alpha value is -5.50. The first-order chi connectivity index (χ1) is 29.3. The number of aldehydes is 1. The lowest BCUT2D eigenvalue weighted by atomic mass is 9.88. The van der Waals surface area contributed by atoms with Gasteiger partial charge >= 0.3 is 0 Å². The van der Waals surface area contributed by atoms with Crippen LogP contribution in [0.25, 0.3) is 22.2 Å². The van der Waals surface area contributed by atoms with E-state index < -0.39 is 0 Å². The molecule has 7 rings (SSSR count). The standard InChI is InChI=1S/C47H56FN7O4.CH5N/c1-7-41-38(42(52-36-17-19-59-20-18-36)39-27-51-54(8-2)43(39)53-41)26-50-45(58)34-14-10-13-33(23-34)44(57)49-25-30-15-16-40(48)37(22-30)32-12-9-11-31(21-32)28-55-46(3,4)24-35(29-56)47(55,5)6;1-2/h9-16,21-23,27,29,35-36H,7-8,17-20,24-26,28H2,1-6H3,(H,49,57)(H,50,58)(H,52,53);2H2,1H3. The molecule has 2 aliphatic heterocycles. The van der Waals surface area contributed by atoms with Gasteiger partial charge < -0.3 is 31.2 Å². The largest absolute Gasteiger partial charge is 0.381 e. The lowest BCUT2D eigenvalue weighted by Gasteiger charge is -2.41. The number of halogens is 1. The van der Waals surface area contributed by atoms with Crippen LogP contribution in [0.3, 0.4) is 0 Å². The molecule has 2 amide bonds. The van der Waals surface area contributed by atoms with Crippen LogP contribution >= 0.6 is 0 Å². The predicted octanol–water partition coefficient (Wildman–Crippen LogP) is 7.42. The Balaban J connectivity index is 0.00000307. The number of nitrogens with zero attached hydrogens (tertiary/aromatic N) is 4. The first kappa shape index (κ1) is 45.0. The Kier molecular flexibility index (Phi) is 14.4. The zero-order valence-corrected chi connectivity index (χ0v) is 36.6. The second-order valence-electron chi connectivity index (χ2n) is 17.0. The van der Waals surface area contributed by atoms with Crippen molar-refractivity contribution in [2.24, 2.45) is 11.7 Å². The van der Waals surface area contributed by atoms with E-state index in [-0.39, 0.29) is 53.8 Å². The van der Waals surface area contributed by atoms with Crippen molar-refractivity contribution in [2.45, 2.75) is 111 Å². The van der Waals surface area contributed by atoms with Gasteiger partial charge in [0.25, 0.3) is 11.8 Å². The molecular weight excluding hydrogens is 772 g/mol. The van der Waals surface area contributed by atoms with Gasteiger partial charge in [-0.1, -0.05) is 37.3 Å². The molecule has 61 heavy (non-hydrogen) atoms. The molecule has 2 aromatic heterocycles. The number of aryl methyl sites for hydroxylation is 2. The van der Waals surface area contributed by atoms with Crippen molar-refractivity contribution in [1.82, 2.24) is 30.3 Å². The fourth-order valence-electron chi connectivity index (χ4n) is 8.89. The van der Waals surface area contributed by atoms with Gasteiger partial charge in [0.15, 0.2) is 5.65 Å². The van der Waals surface area contributed by atoms with Crippen molar-refractivity contribution >= 4 is 34.8 Å². The highest BCUT2D eigenvalue weighted by Crippen LogP contribution is 2.45. The molecule has 324 valence electrons. The Morgan fingerprint density at radius 2 is 1.61 bits per heavy atom. The number of aromatic nitrogens is 3. The van der Waals surface area contributed by atoms with E-state index in [1.54, 1.807) is 36.4 Å². The lowest BCUT2D eigenvalue weighted by molar-refractivity contribution is -0.113. The number of rotatable bonds is 14. The summed E-state index contributed by atoms with van der Waals surface area (Å²) in [6, 6.07) is 19.6. The smallest absolute Gasteiger partial charge is 0.251 e. The summed E-state index contributed by atoms with van der Waals surface area (Å²) in [5, 5.41) is 15.3. The highest BCUT2D eigenvalue weighted by Gasteiger charge is 2.51. The molecule has 2 aliphatic rings. The molecule has 0 saturated carbocycles. The molecule has 5 N–H and O–H groups in total. The molecule has 0 aliphatic carbocycles. The molecule has 1 atom stereocenters. The van der Waals surface area contributed by atoms with Crippen LogP contribution in [-0.2, 0) is 42.1 Å². The fourth-order valence-corrected chi connectivity index (χ4v) is 8.89. The van der Waals surface area contributed by atoms with Gasteiger partial charge in [0.2, 0.25) is 0 Å². The van der Waals surface area contributed by atoms with Crippen LogP contribution in [0.5, 0.6) is 0 Å². The van der Waals surface area contributed by atoms with Crippen molar-refractivity contribution in [2.75, 3.05) is 25.6 Å². The van der Waals surface area contributed by atoms with E-state index in [9.17, 15) is 14.4 Å². The molecule has 0 spiro atoms. The van der Waals surface area contributed by atoms with Crippen LogP contribution in [-0.4, -0.2) is 75.1 Å². The van der Waals surface area contributed by atoms with E-state index in [0.717, 1.165) is 70.2 Å². The molecule has 13 heteroatoms. The first-order valence-electron chi connectivity index (χ1n) is 21.4. The highest BCUT2D eigenvalue weighted by atomic mass is 19.1. The van der Waals surface area contributed by atoms with Gasteiger partial charge in [-0.05, 0) is 120 Å². The molecule has 5 aromatic rings. The Labute approximate surface area is 358 Å². The molecule has 1 unspecified atom stereocenters. The van der Waals surface area contributed by atoms with Gasteiger partial charge in [0.1, 0.15) is 12.1 Å². The fraction of sp³-hybridized carbons (Fsp3) is 0.438. The Morgan fingerprint density at radius 1 is 0.918 bits per heavy atom. The maximum absolute atomic E-state index is 15.4. The zero-order valence-electron chi connectivity index (χ0n) is 36.6. The summed E-state index contributed by atoms with van der Waals surface area (Å²) in [4.78, 5) is 46.3. The Morgan fingerprint density at radius 3 is 2.26 bits per heavy atom. The van der Waals surface area contributed by atoms with E-state index in [0.29, 0.717) is 49.4 Å². The number of pyridine rings is 1. The number of hydrogen-bond donors (Lipinski definition) is 4. The topological polar surface area (TPSA) is 156 Å². The SMILES string of the molecule is CCc1nc2c(cnn2CC)c(NC2CCOCC2)c1CNC(=O)c1cccc(C(=O)NCc2ccc(F)c(-c3cccc(CN4C(C)(C)CC(C=O)C4(C)C)c3)c2)c1.CN. The maximum atomic E-state index is 15.4. The summed E-state index contributed by atoms with van der Waals surface area (Å²) in [5.74, 6) is -1.09. The quantitative estimate of drug-likeness (QED) is 0.0837. The number of nitrogens with one attached hydrogen (secondary N) is 3. The van der Waals surface area contributed by atoms with Crippen molar-refractivity contribution in [1.29, 1.82) is 0 Å². The van der Waals surface area contributed by atoms with E-state index in [2.05, 4.69) is 66.3 Å². The molecule has 4 heterocycles. The minimum absolute atomic E-state index is 0.0703. The summed E-state index contributed by atoms with van der Waals surface area (Å²) in [6.45, 7) is 15.8. The summed E-state index contributed by atoms with van der Waals surface area (Å²) < 4.78 is 22.8. The van der Waals surface area contributed by atoms with Gasteiger partial charge in [0, 0.05) is 90.4 Å². The van der Waals surface area contributed by atoms with Crippen molar-refractivity contribution in [3.63, 3.8) is 0 Å². The molecule has 3 aromatic carbocycles. The number of nitrogens with two attached hydrogens (primary N) is 1. The molecule has 2 saturated heterocycles. The third-order valence-corrected chi connectivity index (χ3v) is 12.3. The first-order valence-corrected chi connectivity index (χ1v) is 21.4. The summed E-state index contributed by atoms with van der Waals surface area (Å²) in [6.07, 6.45) is 6.13. The van der Waals surface area contributed by atoms with Crippen LogP contribution in [0, 0.1) is 11.7 Å². The molecule has 2 fully saturated rings. The number of anilines is 1. The number of carbonyl (C=O) groups excluding carboxylic acids is 3.